The summed E-state index contributed by atoms with van der Waals surface area (Å²) in [7, 11) is 4.24. The van der Waals surface area contributed by atoms with Crippen LogP contribution in [0.25, 0.3) is 11.1 Å². The fourth-order valence-electron chi connectivity index (χ4n) is 3.94. The number of aryl methyl sites for hydroxylation is 1. The van der Waals surface area contributed by atoms with E-state index in [2.05, 4.69) is 54.5 Å². The maximum Gasteiger partial charge on any atom is 0.417 e. The number of anilines is 5. The highest BCUT2D eigenvalue weighted by atomic mass is 16.4. The Labute approximate surface area is 190 Å². The van der Waals surface area contributed by atoms with Crippen molar-refractivity contribution in [2.75, 3.05) is 42.7 Å². The van der Waals surface area contributed by atoms with E-state index in [9.17, 15) is 4.79 Å². The maximum absolute atomic E-state index is 11.4. The monoisotopic (exact) mass is 446 g/mol. The lowest BCUT2D eigenvalue weighted by molar-refractivity contribution is 0.315. The van der Waals surface area contributed by atoms with E-state index in [0.717, 1.165) is 42.3 Å². The van der Waals surface area contributed by atoms with E-state index in [0.29, 0.717) is 28.9 Å². The van der Waals surface area contributed by atoms with Crippen molar-refractivity contribution in [2.45, 2.75) is 19.4 Å². The molecule has 4 heterocycles. The first-order valence-electron chi connectivity index (χ1n) is 10.8. The molecule has 10 nitrogen and oxygen atoms in total. The molecule has 170 valence electrons. The summed E-state index contributed by atoms with van der Waals surface area (Å²) in [5, 5.41) is 6.50. The van der Waals surface area contributed by atoms with E-state index < -0.39 is 5.76 Å². The van der Waals surface area contributed by atoms with E-state index in [1.807, 2.05) is 25.1 Å². The van der Waals surface area contributed by atoms with Gasteiger partial charge in [0, 0.05) is 36.6 Å². The molecule has 1 aliphatic rings. The summed E-state index contributed by atoms with van der Waals surface area (Å²) in [5.74, 6) is 1.62. The molecule has 0 radical (unpaired) electrons. The molecule has 1 aliphatic heterocycles. The molecule has 5 rings (SSSR count). The number of nitrogens with zero attached hydrogens (tertiary/aromatic N) is 5. The van der Waals surface area contributed by atoms with Crippen molar-refractivity contribution < 1.29 is 4.42 Å². The number of likely N-dealkylation sites (N-methyl/N-ethyl adjacent to an activating group) is 1. The molecule has 1 fully saturated rings. The van der Waals surface area contributed by atoms with Crippen molar-refractivity contribution in [1.29, 1.82) is 0 Å². The number of rotatable bonds is 6. The Morgan fingerprint density at radius 3 is 2.73 bits per heavy atom. The average molecular weight is 447 g/mol. The predicted molar refractivity (Wildman–Crippen MR) is 129 cm³/mol. The van der Waals surface area contributed by atoms with Crippen LogP contribution in [-0.2, 0) is 0 Å². The number of hydrogen-bond acceptors (Lipinski definition) is 9. The number of hydrogen-bond donors (Lipinski definition) is 3. The van der Waals surface area contributed by atoms with Crippen LogP contribution < -0.4 is 21.3 Å². The van der Waals surface area contributed by atoms with Crippen molar-refractivity contribution in [2.24, 2.45) is 0 Å². The SMILES string of the molecule is Cc1cnc(Nc2ccc(N3CC[C@H](N(C)C)C3)nc2)nc1Nc1ccc2oc(=O)[nH]c2c1. The van der Waals surface area contributed by atoms with Gasteiger partial charge >= 0.3 is 5.76 Å². The van der Waals surface area contributed by atoms with Gasteiger partial charge in [-0.2, -0.15) is 4.98 Å². The van der Waals surface area contributed by atoms with Crippen LogP contribution in [0.1, 0.15) is 12.0 Å². The van der Waals surface area contributed by atoms with Gasteiger partial charge in [0.05, 0.1) is 17.4 Å². The molecule has 0 bridgehead atoms. The molecule has 1 saturated heterocycles. The Morgan fingerprint density at radius 2 is 1.97 bits per heavy atom. The second-order valence-electron chi connectivity index (χ2n) is 8.46. The van der Waals surface area contributed by atoms with E-state index >= 15 is 0 Å². The van der Waals surface area contributed by atoms with Crippen molar-refractivity contribution in [3.63, 3.8) is 0 Å². The van der Waals surface area contributed by atoms with Gasteiger partial charge in [-0.3, -0.25) is 4.98 Å². The van der Waals surface area contributed by atoms with Crippen LogP contribution in [0.15, 0.2) is 51.9 Å². The Hall–Kier alpha value is -3.92. The number of fused-ring (bicyclic) bond motifs is 1. The summed E-state index contributed by atoms with van der Waals surface area (Å²) in [6.45, 7) is 3.93. The highest BCUT2D eigenvalue weighted by molar-refractivity contribution is 5.78. The van der Waals surface area contributed by atoms with E-state index in [1.165, 1.54) is 0 Å². The van der Waals surface area contributed by atoms with Crippen LogP contribution in [0.2, 0.25) is 0 Å². The largest absolute Gasteiger partial charge is 0.417 e. The highest BCUT2D eigenvalue weighted by Gasteiger charge is 2.24. The standard InChI is InChI=1S/C23H26N8O2/c1-14-11-25-22(29-21(14)26-15-4-6-19-18(10-15)28-23(32)33-19)27-16-5-7-20(24-12-16)31-9-8-17(13-31)30(2)3/h4-7,10-12,17H,8-9,13H2,1-3H3,(H,28,32)(H2,25,26,27,29)/t17-/m0/s1. The fourth-order valence-corrected chi connectivity index (χ4v) is 3.94. The molecule has 33 heavy (non-hydrogen) atoms. The molecule has 10 heteroatoms. The zero-order chi connectivity index (χ0) is 22.9. The molecule has 3 N–H and O–H groups in total. The van der Waals surface area contributed by atoms with Crippen molar-refractivity contribution >= 4 is 40.1 Å². The zero-order valence-electron chi connectivity index (χ0n) is 18.8. The van der Waals surface area contributed by atoms with Crippen LogP contribution in [-0.4, -0.2) is 58.1 Å². The summed E-state index contributed by atoms with van der Waals surface area (Å²) in [6.07, 6.45) is 4.70. The first-order chi connectivity index (χ1) is 15.9. The third kappa shape index (κ3) is 4.51. The molecule has 1 atom stereocenters. The quantitative estimate of drug-likeness (QED) is 0.410. The van der Waals surface area contributed by atoms with Crippen LogP contribution in [0, 0.1) is 6.92 Å². The Morgan fingerprint density at radius 1 is 1.12 bits per heavy atom. The summed E-state index contributed by atoms with van der Waals surface area (Å²) in [4.78, 5) is 32.2. The topological polar surface area (TPSA) is 115 Å². The van der Waals surface area contributed by atoms with Gasteiger partial charge in [-0.15, -0.1) is 0 Å². The summed E-state index contributed by atoms with van der Waals surface area (Å²) < 4.78 is 5.05. The van der Waals surface area contributed by atoms with E-state index in [1.54, 1.807) is 24.5 Å². The molecule has 0 amide bonds. The molecule has 0 saturated carbocycles. The Balaban J connectivity index is 1.29. The second kappa shape index (κ2) is 8.55. The summed E-state index contributed by atoms with van der Waals surface area (Å²) >= 11 is 0. The van der Waals surface area contributed by atoms with E-state index in [-0.39, 0.29) is 0 Å². The van der Waals surface area contributed by atoms with Gasteiger partial charge in [0.1, 0.15) is 11.6 Å². The first kappa shape index (κ1) is 21.0. The van der Waals surface area contributed by atoms with Crippen molar-refractivity contribution in [1.82, 2.24) is 24.8 Å². The number of H-pyrrole nitrogens is 1. The zero-order valence-corrected chi connectivity index (χ0v) is 18.8. The van der Waals surface area contributed by atoms with Crippen LogP contribution in [0.3, 0.4) is 0 Å². The van der Waals surface area contributed by atoms with Crippen LogP contribution >= 0.6 is 0 Å². The molecule has 4 aromatic rings. The fraction of sp³-hybridized carbons (Fsp3) is 0.304. The summed E-state index contributed by atoms with van der Waals surface area (Å²) in [5.41, 5.74) is 3.61. The maximum atomic E-state index is 11.4. The number of aromatic amines is 1. The lowest BCUT2D eigenvalue weighted by atomic mass is 10.2. The van der Waals surface area contributed by atoms with Gasteiger partial charge in [-0.25, -0.2) is 14.8 Å². The molecule has 0 aliphatic carbocycles. The Bertz CT molecular complexity index is 1330. The predicted octanol–water partition coefficient (Wildman–Crippen LogP) is 3.24. The van der Waals surface area contributed by atoms with Crippen LogP contribution in [0.5, 0.6) is 0 Å². The average Bonchev–Trinajstić information content (AvgIpc) is 3.43. The minimum absolute atomic E-state index is 0.462. The number of oxazole rings is 1. The second-order valence-corrected chi connectivity index (χ2v) is 8.46. The smallest absolute Gasteiger partial charge is 0.408 e. The molecule has 0 unspecified atom stereocenters. The van der Waals surface area contributed by atoms with Gasteiger partial charge in [0.25, 0.3) is 0 Å². The van der Waals surface area contributed by atoms with E-state index in [4.69, 9.17) is 4.42 Å². The first-order valence-corrected chi connectivity index (χ1v) is 10.8. The number of nitrogens with one attached hydrogen (secondary N) is 3. The van der Waals surface area contributed by atoms with Gasteiger partial charge in [0.2, 0.25) is 5.95 Å². The van der Waals surface area contributed by atoms with Crippen molar-refractivity contribution in [3.8, 4) is 0 Å². The lowest BCUT2D eigenvalue weighted by Gasteiger charge is -2.21. The normalized spacial score (nSPS) is 16.0. The van der Waals surface area contributed by atoms with Gasteiger partial charge in [0.15, 0.2) is 5.58 Å². The highest BCUT2D eigenvalue weighted by Crippen LogP contribution is 2.25. The van der Waals surface area contributed by atoms with Crippen molar-refractivity contribution in [3.05, 3.63) is 58.8 Å². The number of pyridine rings is 1. The molecule has 3 aromatic heterocycles. The molecular weight excluding hydrogens is 420 g/mol. The minimum Gasteiger partial charge on any atom is -0.408 e. The molecular formula is C23H26N8O2. The third-order valence-corrected chi connectivity index (χ3v) is 5.88. The molecule has 1 aromatic carbocycles. The summed E-state index contributed by atoms with van der Waals surface area (Å²) in [6, 6.07) is 9.94. The Kier molecular flexibility index (Phi) is 5.43. The van der Waals surface area contributed by atoms with Crippen LogP contribution in [0.4, 0.5) is 29.0 Å². The molecule has 0 spiro atoms. The number of aromatic nitrogens is 4. The lowest BCUT2D eigenvalue weighted by Crippen LogP contribution is -2.31. The minimum atomic E-state index is -0.478. The van der Waals surface area contributed by atoms with Gasteiger partial charge < -0.3 is 24.9 Å². The third-order valence-electron chi connectivity index (χ3n) is 5.88. The van der Waals surface area contributed by atoms with Gasteiger partial charge in [-0.05, 0) is 57.8 Å². The van der Waals surface area contributed by atoms with Gasteiger partial charge in [-0.1, -0.05) is 0 Å². The number of benzene rings is 1.